The normalized spacial score (nSPS) is 10.2. The fourth-order valence-electron chi connectivity index (χ4n) is 1.67. The number of carbonyl (C=O) groups excluding carboxylic acids is 2. The lowest BCUT2D eigenvalue weighted by Crippen LogP contribution is -2.14. The lowest BCUT2D eigenvalue weighted by Gasteiger charge is -2.02. The van der Waals surface area contributed by atoms with E-state index in [1.54, 1.807) is 19.1 Å². The van der Waals surface area contributed by atoms with Gasteiger partial charge < -0.3 is 10.1 Å². The Kier molecular flexibility index (Phi) is 4.65. The van der Waals surface area contributed by atoms with Gasteiger partial charge in [-0.05, 0) is 26.0 Å². The minimum atomic E-state index is -0.404. The third-order valence-corrected chi connectivity index (χ3v) is 2.69. The molecule has 0 spiro atoms. The first kappa shape index (κ1) is 14.7. The zero-order valence-corrected chi connectivity index (χ0v) is 11.9. The van der Waals surface area contributed by atoms with E-state index in [-0.39, 0.29) is 18.3 Å². The van der Waals surface area contributed by atoms with E-state index in [1.165, 1.54) is 10.9 Å². The number of aromatic nitrogens is 3. The molecule has 110 valence electrons. The highest BCUT2D eigenvalue weighted by molar-refractivity contribution is 6.03. The Morgan fingerprint density at radius 1 is 1.29 bits per heavy atom. The first-order valence-electron chi connectivity index (χ1n) is 6.52. The van der Waals surface area contributed by atoms with Gasteiger partial charge in [-0.2, -0.15) is 0 Å². The minimum absolute atomic E-state index is 0.0404. The summed E-state index contributed by atoms with van der Waals surface area (Å²) in [5.41, 5.74) is 1.60. The average molecular weight is 288 g/mol. The van der Waals surface area contributed by atoms with Crippen molar-refractivity contribution in [1.82, 2.24) is 15.0 Å². The van der Waals surface area contributed by atoms with Gasteiger partial charge >= 0.3 is 5.97 Å². The van der Waals surface area contributed by atoms with Crippen molar-refractivity contribution < 1.29 is 14.3 Å². The summed E-state index contributed by atoms with van der Waals surface area (Å²) >= 11 is 0. The number of nitrogens with zero attached hydrogens (tertiary/aromatic N) is 3. The number of esters is 1. The minimum Gasteiger partial charge on any atom is -0.465 e. The summed E-state index contributed by atoms with van der Waals surface area (Å²) < 4.78 is 6.11. The van der Waals surface area contributed by atoms with E-state index in [4.69, 9.17) is 4.74 Å². The van der Waals surface area contributed by atoms with Gasteiger partial charge in [-0.25, -0.2) is 4.68 Å². The zero-order chi connectivity index (χ0) is 15.2. The average Bonchev–Trinajstić information content (AvgIpc) is 2.86. The molecule has 21 heavy (non-hydrogen) atoms. The molecule has 7 nitrogen and oxygen atoms in total. The number of aryl methyl sites for hydroxylation is 1. The zero-order valence-electron chi connectivity index (χ0n) is 11.9. The first-order valence-corrected chi connectivity index (χ1v) is 6.52. The summed E-state index contributed by atoms with van der Waals surface area (Å²) in [5.74, 6) is -0.401. The van der Waals surface area contributed by atoms with Crippen LogP contribution in [-0.2, 0) is 16.1 Å². The predicted molar refractivity (Wildman–Crippen MR) is 75.8 cm³/mol. The van der Waals surface area contributed by atoms with Gasteiger partial charge in [-0.15, -0.1) is 5.10 Å². The molecule has 1 amide bonds. The molecule has 1 aromatic heterocycles. The summed E-state index contributed by atoms with van der Waals surface area (Å²) in [6.07, 6.45) is 1.48. The van der Waals surface area contributed by atoms with Crippen LogP contribution in [0.3, 0.4) is 0 Å². The third-order valence-electron chi connectivity index (χ3n) is 2.69. The highest BCUT2D eigenvalue weighted by Crippen LogP contribution is 2.07. The van der Waals surface area contributed by atoms with Crippen LogP contribution in [0.2, 0.25) is 0 Å². The lowest BCUT2D eigenvalue weighted by atomic mass is 10.1. The van der Waals surface area contributed by atoms with Crippen LogP contribution >= 0.6 is 0 Å². The first-order chi connectivity index (χ1) is 10.1. The van der Waals surface area contributed by atoms with Crippen LogP contribution in [-0.4, -0.2) is 33.5 Å². The van der Waals surface area contributed by atoms with Crippen molar-refractivity contribution in [3.63, 3.8) is 0 Å². The van der Waals surface area contributed by atoms with Gasteiger partial charge in [0.25, 0.3) is 5.91 Å². The molecule has 7 heteroatoms. The van der Waals surface area contributed by atoms with E-state index >= 15 is 0 Å². The number of amides is 1. The van der Waals surface area contributed by atoms with Crippen molar-refractivity contribution in [3.8, 4) is 0 Å². The molecule has 0 saturated heterocycles. The Bertz CT molecular complexity index is 634. The molecule has 0 aliphatic carbocycles. The molecular weight excluding hydrogens is 272 g/mol. The fourth-order valence-corrected chi connectivity index (χ4v) is 1.67. The number of anilines is 1. The highest BCUT2D eigenvalue weighted by Gasteiger charge is 2.10. The molecule has 0 fully saturated rings. The summed E-state index contributed by atoms with van der Waals surface area (Å²) in [6, 6.07) is 7.17. The highest BCUT2D eigenvalue weighted by atomic mass is 16.5. The molecule has 2 aromatic rings. The van der Waals surface area contributed by atoms with Crippen LogP contribution in [0.1, 0.15) is 22.8 Å². The number of benzene rings is 1. The maximum atomic E-state index is 12.0. The largest absolute Gasteiger partial charge is 0.465 e. The van der Waals surface area contributed by atoms with Gasteiger partial charge in [-0.1, -0.05) is 22.9 Å². The quantitative estimate of drug-likeness (QED) is 0.840. The molecule has 0 saturated carbocycles. The van der Waals surface area contributed by atoms with Gasteiger partial charge in [-0.3, -0.25) is 9.59 Å². The standard InChI is InChI=1S/C14H16N4O3/c1-3-21-13(19)9-18-8-12(16-17-18)15-14(20)11-6-4-10(2)5-7-11/h4-8H,3,9H2,1-2H3,(H,15,20). The second kappa shape index (κ2) is 6.65. The second-order valence-electron chi connectivity index (χ2n) is 4.43. The monoisotopic (exact) mass is 288 g/mol. The molecule has 0 aliphatic heterocycles. The number of hydrogen-bond donors (Lipinski definition) is 1. The molecule has 0 unspecified atom stereocenters. The number of ether oxygens (including phenoxy) is 1. The number of rotatable bonds is 5. The molecule has 0 aliphatic rings. The van der Waals surface area contributed by atoms with Crippen LogP contribution in [0.5, 0.6) is 0 Å². The molecule has 0 bridgehead atoms. The molecule has 1 aromatic carbocycles. The Labute approximate surface area is 121 Å². The second-order valence-corrected chi connectivity index (χ2v) is 4.43. The maximum absolute atomic E-state index is 12.0. The van der Waals surface area contributed by atoms with E-state index in [9.17, 15) is 9.59 Å². The van der Waals surface area contributed by atoms with Gasteiger partial charge in [0.1, 0.15) is 6.54 Å². The fraction of sp³-hybridized carbons (Fsp3) is 0.286. The summed E-state index contributed by atoms with van der Waals surface area (Å²) in [7, 11) is 0. The van der Waals surface area contributed by atoms with Crippen LogP contribution in [0.15, 0.2) is 30.5 Å². The third kappa shape index (κ3) is 4.13. The predicted octanol–water partition coefficient (Wildman–Crippen LogP) is 1.40. The van der Waals surface area contributed by atoms with Gasteiger partial charge in [0.05, 0.1) is 12.8 Å². The van der Waals surface area contributed by atoms with E-state index in [1.807, 2.05) is 19.1 Å². The smallest absolute Gasteiger partial charge is 0.327 e. The molecule has 1 N–H and O–H groups in total. The Balaban J connectivity index is 1.97. The number of carbonyl (C=O) groups is 2. The van der Waals surface area contributed by atoms with Gasteiger partial charge in [0, 0.05) is 5.56 Å². The molecular formula is C14H16N4O3. The van der Waals surface area contributed by atoms with E-state index in [0.29, 0.717) is 12.2 Å². The van der Waals surface area contributed by atoms with Crippen molar-refractivity contribution in [1.29, 1.82) is 0 Å². The van der Waals surface area contributed by atoms with Crippen LogP contribution in [0, 0.1) is 6.92 Å². The van der Waals surface area contributed by atoms with Crippen molar-refractivity contribution >= 4 is 17.7 Å². The van der Waals surface area contributed by atoms with Crippen LogP contribution in [0.4, 0.5) is 5.82 Å². The number of nitrogens with one attached hydrogen (secondary N) is 1. The Morgan fingerprint density at radius 2 is 2.00 bits per heavy atom. The van der Waals surface area contributed by atoms with Crippen LogP contribution < -0.4 is 5.32 Å². The van der Waals surface area contributed by atoms with E-state index in [2.05, 4.69) is 15.6 Å². The Hall–Kier alpha value is -2.70. The van der Waals surface area contributed by atoms with Crippen molar-refractivity contribution in [2.45, 2.75) is 20.4 Å². The van der Waals surface area contributed by atoms with E-state index in [0.717, 1.165) is 5.56 Å². The van der Waals surface area contributed by atoms with Crippen LogP contribution in [0.25, 0.3) is 0 Å². The molecule has 0 radical (unpaired) electrons. The molecule has 2 rings (SSSR count). The lowest BCUT2D eigenvalue weighted by molar-refractivity contribution is -0.144. The molecule has 0 atom stereocenters. The van der Waals surface area contributed by atoms with Crippen molar-refractivity contribution in [2.75, 3.05) is 11.9 Å². The maximum Gasteiger partial charge on any atom is 0.327 e. The van der Waals surface area contributed by atoms with Crippen molar-refractivity contribution in [3.05, 3.63) is 41.6 Å². The van der Waals surface area contributed by atoms with Crippen molar-refractivity contribution in [2.24, 2.45) is 0 Å². The SMILES string of the molecule is CCOC(=O)Cn1cc(NC(=O)c2ccc(C)cc2)nn1. The molecule has 1 heterocycles. The topological polar surface area (TPSA) is 86.1 Å². The summed E-state index contributed by atoms with van der Waals surface area (Å²) in [6.45, 7) is 3.95. The van der Waals surface area contributed by atoms with Gasteiger partial charge in [0.2, 0.25) is 0 Å². The number of hydrogen-bond acceptors (Lipinski definition) is 5. The van der Waals surface area contributed by atoms with E-state index < -0.39 is 5.97 Å². The summed E-state index contributed by atoms with van der Waals surface area (Å²) in [4.78, 5) is 23.3. The van der Waals surface area contributed by atoms with Gasteiger partial charge in [0.15, 0.2) is 5.82 Å². The summed E-state index contributed by atoms with van der Waals surface area (Å²) in [5, 5.41) is 10.2. The Morgan fingerprint density at radius 3 is 2.67 bits per heavy atom.